The highest BCUT2D eigenvalue weighted by Crippen LogP contribution is 2.40. The van der Waals surface area contributed by atoms with Gasteiger partial charge in [0.25, 0.3) is 0 Å². The molecule has 1 amide bonds. The van der Waals surface area contributed by atoms with Gasteiger partial charge in [0.15, 0.2) is 9.84 Å². The summed E-state index contributed by atoms with van der Waals surface area (Å²) in [6, 6.07) is 3.02. The fraction of sp³-hybridized carbons (Fsp3) is 0.583. The Kier molecular flexibility index (Phi) is 6.30. The third-order valence-corrected chi connectivity index (χ3v) is 9.50. The molecule has 3 atom stereocenters. The summed E-state index contributed by atoms with van der Waals surface area (Å²) in [6.45, 7) is -1.36. The molecule has 2 aliphatic carbocycles. The highest BCUT2D eigenvalue weighted by molar-refractivity contribution is 7.93. The predicted octanol–water partition coefficient (Wildman–Crippen LogP) is 2.78. The van der Waals surface area contributed by atoms with Gasteiger partial charge in [0.2, 0.25) is 5.91 Å². The number of fused-ring (bicyclic) bond motifs is 1. The van der Waals surface area contributed by atoms with Crippen molar-refractivity contribution in [1.29, 1.82) is 0 Å². The molecule has 0 spiro atoms. The van der Waals surface area contributed by atoms with E-state index in [0.717, 1.165) is 18.6 Å². The van der Waals surface area contributed by atoms with Crippen molar-refractivity contribution in [3.05, 3.63) is 35.3 Å². The number of halogens is 3. The number of amides is 1. The molecule has 0 radical (unpaired) electrons. The average molecular weight is 528 g/mol. The largest absolute Gasteiger partial charge is 0.435 e. The number of alkyl halides is 2. The molecule has 36 heavy (non-hydrogen) atoms. The quantitative estimate of drug-likeness (QED) is 0.598. The van der Waals surface area contributed by atoms with Crippen LogP contribution in [0, 0.1) is 11.7 Å². The third kappa shape index (κ3) is 4.72. The smallest absolute Gasteiger partial charge is 0.387 e. The molecular weight excluding hydrogens is 499 g/mol. The lowest BCUT2D eigenvalue weighted by atomic mass is 9.84. The summed E-state index contributed by atoms with van der Waals surface area (Å²) in [5.41, 5.74) is 0.928. The van der Waals surface area contributed by atoms with Gasteiger partial charge in [-0.05, 0) is 57.2 Å². The van der Waals surface area contributed by atoms with Gasteiger partial charge in [0, 0.05) is 29.2 Å². The van der Waals surface area contributed by atoms with E-state index in [0.29, 0.717) is 36.9 Å². The van der Waals surface area contributed by atoms with E-state index in [1.54, 1.807) is 11.6 Å². The molecule has 1 aromatic heterocycles. The molecule has 0 unspecified atom stereocenters. The van der Waals surface area contributed by atoms with Crippen LogP contribution in [0.3, 0.4) is 0 Å². The Morgan fingerprint density at radius 2 is 2.03 bits per heavy atom. The number of carbonyl (C=O) groups excluding carboxylic acids is 1. The van der Waals surface area contributed by atoms with Crippen LogP contribution in [0.25, 0.3) is 11.3 Å². The Hall–Kier alpha value is -2.60. The highest BCUT2D eigenvalue weighted by atomic mass is 32.2. The maximum absolute atomic E-state index is 14.9. The molecule has 2 heterocycles. The van der Waals surface area contributed by atoms with Gasteiger partial charge in [-0.2, -0.15) is 13.9 Å². The van der Waals surface area contributed by atoms with Crippen LogP contribution in [0.15, 0.2) is 18.2 Å². The summed E-state index contributed by atoms with van der Waals surface area (Å²) < 4.78 is 69.8. The number of nitrogens with zero attached hydrogens (tertiary/aromatic N) is 2. The lowest BCUT2D eigenvalue weighted by molar-refractivity contribution is -0.126. The second-order valence-corrected chi connectivity index (χ2v) is 12.4. The van der Waals surface area contributed by atoms with Crippen molar-refractivity contribution in [2.45, 2.75) is 69.7 Å². The van der Waals surface area contributed by atoms with Gasteiger partial charge in [0.1, 0.15) is 11.6 Å². The number of aliphatic hydroxyl groups is 1. The van der Waals surface area contributed by atoms with E-state index in [4.69, 9.17) is 0 Å². The van der Waals surface area contributed by atoms with Crippen LogP contribution in [0.2, 0.25) is 0 Å². The highest BCUT2D eigenvalue weighted by Gasteiger charge is 2.47. The monoisotopic (exact) mass is 527 g/mol. The Labute approximate surface area is 206 Å². The summed E-state index contributed by atoms with van der Waals surface area (Å²) in [5, 5.41) is 18.1. The van der Waals surface area contributed by atoms with E-state index < -0.39 is 39.8 Å². The maximum Gasteiger partial charge on any atom is 0.387 e. The van der Waals surface area contributed by atoms with Gasteiger partial charge < -0.3 is 15.2 Å². The lowest BCUT2D eigenvalue weighted by Gasteiger charge is -2.39. The standard InChI is InChI=1S/C24H28F3N3O5S/c1-24(11-36(33,34)12-24)28-22(32)13-5-7-15-19(9-13)30(18-3-2-4-20(18)31)29-21(15)16-10-14(35-23(26)27)6-8-17(16)25/h6,8,10,13,18,20,23,31H,2-5,7,9,11-12H2,1H3,(H,28,32)/t13-,18-,20-/m1/s1. The van der Waals surface area contributed by atoms with Crippen molar-refractivity contribution in [3.63, 3.8) is 0 Å². The number of carbonyl (C=O) groups is 1. The van der Waals surface area contributed by atoms with Crippen LogP contribution in [0.5, 0.6) is 5.75 Å². The fourth-order valence-electron chi connectivity index (χ4n) is 5.82. The molecule has 196 valence electrons. The molecule has 0 bridgehead atoms. The number of sulfone groups is 1. The molecule has 5 rings (SSSR count). The molecule has 12 heteroatoms. The SMILES string of the molecule is CC1(NC(=O)[C@@H]2CCc3c(-c4cc(OC(F)F)ccc4F)nn([C@@H]4CCC[C@H]4O)c3C2)CS(=O)(=O)C1. The fourth-order valence-corrected chi connectivity index (χ4v) is 7.82. The van der Waals surface area contributed by atoms with Crippen LogP contribution in [-0.2, 0) is 27.5 Å². The first-order chi connectivity index (χ1) is 16.9. The number of aromatic nitrogens is 2. The van der Waals surface area contributed by atoms with Crippen molar-refractivity contribution in [1.82, 2.24) is 15.1 Å². The van der Waals surface area contributed by atoms with Gasteiger partial charge in [-0.1, -0.05) is 0 Å². The molecule has 1 saturated heterocycles. The van der Waals surface area contributed by atoms with Crippen molar-refractivity contribution in [3.8, 4) is 17.0 Å². The number of hydrogen-bond acceptors (Lipinski definition) is 6. The molecule has 8 nitrogen and oxygen atoms in total. The van der Waals surface area contributed by atoms with Gasteiger partial charge in [0.05, 0.1) is 34.9 Å². The molecular formula is C24H28F3N3O5S. The van der Waals surface area contributed by atoms with E-state index in [9.17, 15) is 31.5 Å². The van der Waals surface area contributed by atoms with Crippen LogP contribution >= 0.6 is 0 Å². The van der Waals surface area contributed by atoms with Crippen molar-refractivity contribution >= 4 is 15.7 Å². The summed E-state index contributed by atoms with van der Waals surface area (Å²) in [4.78, 5) is 13.1. The minimum Gasteiger partial charge on any atom is -0.435 e. The second kappa shape index (κ2) is 9.05. The first-order valence-electron chi connectivity index (χ1n) is 12.0. The van der Waals surface area contributed by atoms with Gasteiger partial charge >= 0.3 is 6.61 Å². The first kappa shape index (κ1) is 25.1. The summed E-state index contributed by atoms with van der Waals surface area (Å²) in [6.07, 6.45) is 2.51. The third-order valence-electron chi connectivity index (χ3n) is 7.35. The first-order valence-corrected chi connectivity index (χ1v) is 13.8. The number of rotatable bonds is 6. The molecule has 2 N–H and O–H groups in total. The van der Waals surface area contributed by atoms with Crippen molar-refractivity contribution in [2.75, 3.05) is 11.5 Å². The number of ether oxygens (including phenoxy) is 1. The van der Waals surface area contributed by atoms with Crippen LogP contribution < -0.4 is 10.1 Å². The molecule has 1 aromatic carbocycles. The van der Waals surface area contributed by atoms with Gasteiger partial charge in [-0.3, -0.25) is 9.48 Å². The second-order valence-electron chi connectivity index (χ2n) is 10.3. The molecule has 3 aliphatic rings. The van der Waals surface area contributed by atoms with Crippen LogP contribution in [0.4, 0.5) is 13.2 Å². The number of hydrogen-bond donors (Lipinski definition) is 2. The minimum absolute atomic E-state index is 0.0192. The Balaban J connectivity index is 1.48. The lowest BCUT2D eigenvalue weighted by Crippen LogP contribution is -2.64. The number of nitrogens with one attached hydrogen (secondary N) is 1. The average Bonchev–Trinajstić information content (AvgIpc) is 3.35. The van der Waals surface area contributed by atoms with Crippen molar-refractivity contribution in [2.24, 2.45) is 5.92 Å². The summed E-state index contributed by atoms with van der Waals surface area (Å²) in [5.74, 6) is -1.74. The summed E-state index contributed by atoms with van der Waals surface area (Å²) >= 11 is 0. The van der Waals surface area contributed by atoms with Crippen LogP contribution in [0.1, 0.15) is 49.9 Å². The maximum atomic E-state index is 14.9. The number of aliphatic hydroxyl groups excluding tert-OH is 1. The Morgan fingerprint density at radius 3 is 2.67 bits per heavy atom. The molecule has 1 aliphatic heterocycles. The zero-order chi connectivity index (χ0) is 25.8. The molecule has 2 aromatic rings. The van der Waals surface area contributed by atoms with E-state index in [1.807, 2.05) is 0 Å². The van der Waals surface area contributed by atoms with E-state index >= 15 is 0 Å². The summed E-state index contributed by atoms with van der Waals surface area (Å²) in [7, 11) is -3.13. The van der Waals surface area contributed by atoms with Crippen molar-refractivity contribution < 1.29 is 36.2 Å². The van der Waals surface area contributed by atoms with Gasteiger partial charge in [-0.25, -0.2) is 12.8 Å². The normalized spacial score (nSPS) is 26.3. The van der Waals surface area contributed by atoms with E-state index in [1.165, 1.54) is 6.07 Å². The molecule has 1 saturated carbocycles. The van der Waals surface area contributed by atoms with Gasteiger partial charge in [-0.15, -0.1) is 0 Å². The van der Waals surface area contributed by atoms with Crippen LogP contribution in [-0.4, -0.2) is 59.0 Å². The zero-order valence-corrected chi connectivity index (χ0v) is 20.5. The Bertz CT molecular complexity index is 1280. The van der Waals surface area contributed by atoms with E-state index in [2.05, 4.69) is 15.2 Å². The Morgan fingerprint density at radius 1 is 1.28 bits per heavy atom. The topological polar surface area (TPSA) is 111 Å². The van der Waals surface area contributed by atoms with E-state index in [-0.39, 0.29) is 46.9 Å². The predicted molar refractivity (Wildman–Crippen MR) is 124 cm³/mol. The number of benzene rings is 1. The molecule has 2 fully saturated rings. The zero-order valence-electron chi connectivity index (χ0n) is 19.7. The minimum atomic E-state index is -3.13.